The standard InChI is InChI=1S/C20H19NO2S/c1-23-19(18-11-12-24-14-18)13-21-20(22)17-9-7-16(8-10-17)15-5-3-2-4-6-15/h2-12,14,19H,13H2,1H3,(H,21,22)/t19-/m1/s1. The molecule has 3 aromatic rings. The van der Waals surface area contributed by atoms with Crippen LogP contribution >= 0.6 is 11.3 Å². The zero-order valence-electron chi connectivity index (χ0n) is 13.4. The zero-order valence-corrected chi connectivity index (χ0v) is 14.3. The van der Waals surface area contributed by atoms with Crippen LogP contribution in [-0.4, -0.2) is 19.6 Å². The van der Waals surface area contributed by atoms with E-state index < -0.39 is 0 Å². The summed E-state index contributed by atoms with van der Waals surface area (Å²) in [6.45, 7) is 0.451. The average molecular weight is 337 g/mol. The molecule has 24 heavy (non-hydrogen) atoms. The number of carbonyl (C=O) groups is 1. The van der Waals surface area contributed by atoms with Crippen LogP contribution in [0.4, 0.5) is 0 Å². The molecule has 1 N–H and O–H groups in total. The molecule has 1 amide bonds. The van der Waals surface area contributed by atoms with Crippen LogP contribution in [0.15, 0.2) is 71.4 Å². The topological polar surface area (TPSA) is 38.3 Å². The maximum Gasteiger partial charge on any atom is 0.251 e. The number of amides is 1. The van der Waals surface area contributed by atoms with Crippen molar-refractivity contribution >= 4 is 17.2 Å². The Bertz CT molecular complexity index is 767. The minimum Gasteiger partial charge on any atom is -0.375 e. The number of carbonyl (C=O) groups excluding carboxylic acids is 1. The van der Waals surface area contributed by atoms with Crippen LogP contribution in [0.2, 0.25) is 0 Å². The highest BCUT2D eigenvalue weighted by molar-refractivity contribution is 7.07. The van der Waals surface area contributed by atoms with Crippen molar-refractivity contribution in [1.82, 2.24) is 5.32 Å². The van der Waals surface area contributed by atoms with Gasteiger partial charge in [-0.3, -0.25) is 4.79 Å². The third-order valence-electron chi connectivity index (χ3n) is 3.90. The normalized spacial score (nSPS) is 11.9. The molecular weight excluding hydrogens is 318 g/mol. The lowest BCUT2D eigenvalue weighted by atomic mass is 10.0. The maximum absolute atomic E-state index is 12.3. The molecular formula is C20H19NO2S. The van der Waals surface area contributed by atoms with Crippen molar-refractivity contribution in [2.75, 3.05) is 13.7 Å². The number of thiophene rings is 1. The van der Waals surface area contributed by atoms with Crippen molar-refractivity contribution in [2.45, 2.75) is 6.10 Å². The van der Waals surface area contributed by atoms with Gasteiger partial charge in [0.15, 0.2) is 0 Å². The molecule has 3 nitrogen and oxygen atoms in total. The van der Waals surface area contributed by atoms with Gasteiger partial charge >= 0.3 is 0 Å². The van der Waals surface area contributed by atoms with Gasteiger partial charge in [-0.25, -0.2) is 0 Å². The summed E-state index contributed by atoms with van der Waals surface area (Å²) in [4.78, 5) is 12.3. The molecule has 0 aliphatic heterocycles. The number of hydrogen-bond donors (Lipinski definition) is 1. The summed E-state index contributed by atoms with van der Waals surface area (Å²) in [6, 6.07) is 19.8. The number of benzene rings is 2. The Hall–Kier alpha value is -2.43. The molecule has 0 bridgehead atoms. The van der Waals surface area contributed by atoms with E-state index in [0.717, 1.165) is 16.7 Å². The summed E-state index contributed by atoms with van der Waals surface area (Å²) in [7, 11) is 1.66. The van der Waals surface area contributed by atoms with Gasteiger partial charge in [0.25, 0.3) is 5.91 Å². The molecule has 0 saturated carbocycles. The van der Waals surface area contributed by atoms with Gasteiger partial charge in [0.1, 0.15) is 6.10 Å². The Morgan fingerprint density at radius 2 is 1.75 bits per heavy atom. The highest BCUT2D eigenvalue weighted by Crippen LogP contribution is 2.20. The fourth-order valence-electron chi connectivity index (χ4n) is 2.53. The second-order valence-electron chi connectivity index (χ2n) is 5.43. The first-order chi connectivity index (χ1) is 11.8. The average Bonchev–Trinajstić information content (AvgIpc) is 3.17. The Labute approximate surface area is 145 Å². The molecule has 122 valence electrons. The minimum atomic E-state index is -0.121. The Morgan fingerprint density at radius 1 is 1.04 bits per heavy atom. The Kier molecular flexibility index (Phi) is 5.41. The lowest BCUT2D eigenvalue weighted by molar-refractivity contribution is 0.0829. The fourth-order valence-corrected chi connectivity index (χ4v) is 3.23. The molecule has 0 spiro atoms. The van der Waals surface area contributed by atoms with E-state index in [4.69, 9.17) is 4.74 Å². The van der Waals surface area contributed by atoms with E-state index in [1.807, 2.05) is 59.3 Å². The van der Waals surface area contributed by atoms with Crippen LogP contribution in [0.5, 0.6) is 0 Å². The summed E-state index contributed by atoms with van der Waals surface area (Å²) in [5.41, 5.74) is 3.97. The van der Waals surface area contributed by atoms with Crippen LogP contribution in [-0.2, 0) is 4.74 Å². The van der Waals surface area contributed by atoms with Crippen LogP contribution in [0, 0.1) is 0 Å². The van der Waals surface area contributed by atoms with E-state index in [1.54, 1.807) is 18.4 Å². The zero-order chi connectivity index (χ0) is 16.8. The molecule has 1 aromatic heterocycles. The number of hydrogen-bond acceptors (Lipinski definition) is 3. The third-order valence-corrected chi connectivity index (χ3v) is 4.60. The van der Waals surface area contributed by atoms with Gasteiger partial charge in [-0.15, -0.1) is 0 Å². The van der Waals surface area contributed by atoms with E-state index in [9.17, 15) is 4.79 Å². The molecule has 0 aliphatic rings. The van der Waals surface area contributed by atoms with Gasteiger partial charge in [-0.2, -0.15) is 11.3 Å². The maximum atomic E-state index is 12.3. The number of ether oxygens (including phenoxy) is 1. The minimum absolute atomic E-state index is 0.0908. The van der Waals surface area contributed by atoms with Crippen LogP contribution in [0.1, 0.15) is 22.0 Å². The molecule has 0 radical (unpaired) electrons. The monoisotopic (exact) mass is 337 g/mol. The molecule has 0 fully saturated rings. The van der Waals surface area contributed by atoms with Gasteiger partial charge in [0.05, 0.1) is 0 Å². The quantitative estimate of drug-likeness (QED) is 0.717. The van der Waals surface area contributed by atoms with E-state index in [0.29, 0.717) is 12.1 Å². The first-order valence-electron chi connectivity index (χ1n) is 7.76. The molecule has 0 aliphatic carbocycles. The highest BCUT2D eigenvalue weighted by Gasteiger charge is 2.13. The predicted octanol–water partition coefficient (Wildman–Crippen LogP) is 4.53. The molecule has 0 unspecified atom stereocenters. The van der Waals surface area contributed by atoms with Crippen molar-refractivity contribution in [3.8, 4) is 11.1 Å². The van der Waals surface area contributed by atoms with E-state index in [2.05, 4.69) is 17.4 Å². The molecule has 1 heterocycles. The molecule has 0 saturated heterocycles. The van der Waals surface area contributed by atoms with Gasteiger partial charge in [0, 0.05) is 19.2 Å². The Balaban J connectivity index is 1.63. The molecule has 1 atom stereocenters. The fraction of sp³-hybridized carbons (Fsp3) is 0.150. The third kappa shape index (κ3) is 3.91. The van der Waals surface area contributed by atoms with Gasteiger partial charge in [-0.05, 0) is 45.6 Å². The lowest BCUT2D eigenvalue weighted by Gasteiger charge is -2.15. The highest BCUT2D eigenvalue weighted by atomic mass is 32.1. The van der Waals surface area contributed by atoms with Crippen molar-refractivity contribution in [3.63, 3.8) is 0 Å². The smallest absolute Gasteiger partial charge is 0.251 e. The second-order valence-corrected chi connectivity index (χ2v) is 6.21. The predicted molar refractivity (Wildman–Crippen MR) is 98.3 cm³/mol. The molecule has 4 heteroatoms. The van der Waals surface area contributed by atoms with Crippen molar-refractivity contribution < 1.29 is 9.53 Å². The van der Waals surface area contributed by atoms with Crippen LogP contribution < -0.4 is 5.32 Å². The molecule has 2 aromatic carbocycles. The van der Waals surface area contributed by atoms with Crippen molar-refractivity contribution in [1.29, 1.82) is 0 Å². The van der Waals surface area contributed by atoms with Crippen molar-refractivity contribution in [2.24, 2.45) is 0 Å². The number of methoxy groups -OCH3 is 1. The van der Waals surface area contributed by atoms with Gasteiger partial charge in [-0.1, -0.05) is 42.5 Å². The first kappa shape index (κ1) is 16.4. The van der Waals surface area contributed by atoms with E-state index >= 15 is 0 Å². The largest absolute Gasteiger partial charge is 0.375 e. The number of rotatable bonds is 6. The second kappa shape index (κ2) is 7.90. The summed E-state index contributed by atoms with van der Waals surface area (Å²) in [5, 5.41) is 6.98. The SMILES string of the molecule is CO[C@H](CNC(=O)c1ccc(-c2ccccc2)cc1)c1ccsc1. The summed E-state index contributed by atoms with van der Waals surface area (Å²) < 4.78 is 5.45. The Morgan fingerprint density at radius 3 is 2.38 bits per heavy atom. The van der Waals surface area contributed by atoms with Crippen LogP contribution in [0.3, 0.4) is 0 Å². The number of nitrogens with one attached hydrogen (secondary N) is 1. The van der Waals surface area contributed by atoms with Gasteiger partial charge in [0.2, 0.25) is 0 Å². The van der Waals surface area contributed by atoms with E-state index in [1.165, 1.54) is 0 Å². The molecule has 3 rings (SSSR count). The first-order valence-corrected chi connectivity index (χ1v) is 8.71. The summed E-state index contributed by atoms with van der Waals surface area (Å²) >= 11 is 1.62. The van der Waals surface area contributed by atoms with Crippen molar-refractivity contribution in [3.05, 3.63) is 82.6 Å². The summed E-state index contributed by atoms with van der Waals surface area (Å²) in [5.74, 6) is -0.0908. The van der Waals surface area contributed by atoms with Crippen LogP contribution in [0.25, 0.3) is 11.1 Å². The van der Waals surface area contributed by atoms with E-state index in [-0.39, 0.29) is 12.0 Å². The lowest BCUT2D eigenvalue weighted by Crippen LogP contribution is -2.28. The summed E-state index contributed by atoms with van der Waals surface area (Å²) in [6.07, 6.45) is -0.121. The van der Waals surface area contributed by atoms with Gasteiger partial charge < -0.3 is 10.1 Å².